The molecule has 3 aromatic rings. The summed E-state index contributed by atoms with van der Waals surface area (Å²) in [6, 6.07) is 3.08. The van der Waals surface area contributed by atoms with E-state index in [9.17, 15) is 4.79 Å². The van der Waals surface area contributed by atoms with Gasteiger partial charge in [0.2, 0.25) is 11.9 Å². The molecule has 2 saturated heterocycles. The molecule has 1 amide bonds. The fourth-order valence-electron chi connectivity index (χ4n) is 4.73. The van der Waals surface area contributed by atoms with Crippen molar-refractivity contribution >= 4 is 51.8 Å². The molecule has 0 saturated carbocycles. The second-order valence-electron chi connectivity index (χ2n) is 9.05. The molecular weight excluding hydrogens is 531 g/mol. The Labute approximate surface area is 230 Å². The maximum absolute atomic E-state index is 11.8. The fraction of sp³-hybridized carbons (Fsp3) is 0.385. The van der Waals surface area contributed by atoms with Gasteiger partial charge >= 0.3 is 0 Å². The highest BCUT2D eigenvalue weighted by atomic mass is 35.5. The largest absolute Gasteiger partial charge is 0.495 e. The minimum Gasteiger partial charge on any atom is -0.495 e. The van der Waals surface area contributed by atoms with Crippen LogP contribution in [0.4, 0.5) is 11.8 Å². The van der Waals surface area contributed by atoms with E-state index in [1.165, 1.54) is 20.3 Å². The summed E-state index contributed by atoms with van der Waals surface area (Å²) in [6.45, 7) is 6.02. The van der Waals surface area contributed by atoms with Gasteiger partial charge in [0, 0.05) is 36.3 Å². The lowest BCUT2D eigenvalue weighted by atomic mass is 10.1. The van der Waals surface area contributed by atoms with E-state index in [0.717, 1.165) is 31.3 Å². The van der Waals surface area contributed by atoms with Crippen LogP contribution in [0.15, 0.2) is 31.0 Å². The summed E-state index contributed by atoms with van der Waals surface area (Å²) < 4.78 is 16.5. The van der Waals surface area contributed by atoms with Crippen molar-refractivity contribution < 1.29 is 19.0 Å². The third-order valence-electron chi connectivity index (χ3n) is 6.69. The molecule has 12 heteroatoms. The van der Waals surface area contributed by atoms with Gasteiger partial charge in [-0.15, -0.1) is 0 Å². The van der Waals surface area contributed by atoms with Crippen LogP contribution in [-0.4, -0.2) is 73.5 Å². The zero-order valence-electron chi connectivity index (χ0n) is 21.1. The highest BCUT2D eigenvalue weighted by molar-refractivity contribution is 6.41. The molecule has 2 atom stereocenters. The first kappa shape index (κ1) is 26.3. The van der Waals surface area contributed by atoms with Crippen molar-refractivity contribution in [1.29, 1.82) is 0 Å². The van der Waals surface area contributed by atoms with E-state index in [0.29, 0.717) is 63.3 Å². The maximum Gasteiger partial charge on any atom is 0.243 e. The van der Waals surface area contributed by atoms with Gasteiger partial charge in [-0.1, -0.05) is 29.8 Å². The number of amides is 1. The molecule has 0 radical (unpaired) electrons. The molecule has 0 bridgehead atoms. The summed E-state index contributed by atoms with van der Waals surface area (Å²) in [5.41, 5.74) is 1.77. The molecule has 2 aliphatic rings. The third kappa shape index (κ3) is 5.03. The Morgan fingerprint density at radius 1 is 1.11 bits per heavy atom. The first-order valence-corrected chi connectivity index (χ1v) is 13.0. The lowest BCUT2D eigenvalue weighted by molar-refractivity contribution is -0.117. The van der Waals surface area contributed by atoms with Crippen LogP contribution in [0.3, 0.4) is 0 Å². The molecule has 1 aromatic carbocycles. The van der Waals surface area contributed by atoms with Gasteiger partial charge in [0.25, 0.3) is 0 Å². The SMILES string of the molecule is C=CC(=O)N[C@H]1COC[C@H]1Nc1ncc2cc(-c3c(Cl)c(OC)cc(OC)c3Cl)nc(N3CCCC3)c2n1. The Bertz CT molecular complexity index is 1350. The summed E-state index contributed by atoms with van der Waals surface area (Å²) in [5, 5.41) is 7.64. The summed E-state index contributed by atoms with van der Waals surface area (Å²) >= 11 is 13.4. The van der Waals surface area contributed by atoms with Crippen LogP contribution in [0.5, 0.6) is 11.5 Å². The molecule has 5 rings (SSSR count). The Kier molecular flexibility index (Phi) is 7.73. The number of hydrogen-bond donors (Lipinski definition) is 2. The third-order valence-corrected chi connectivity index (χ3v) is 7.44. The fourth-order valence-corrected chi connectivity index (χ4v) is 5.42. The predicted octanol–water partition coefficient (Wildman–Crippen LogP) is 4.10. The van der Waals surface area contributed by atoms with Crippen molar-refractivity contribution in [3.63, 3.8) is 0 Å². The number of hydrogen-bond acceptors (Lipinski definition) is 9. The summed E-state index contributed by atoms with van der Waals surface area (Å²) in [5.74, 6) is 1.74. The van der Waals surface area contributed by atoms with E-state index in [2.05, 4.69) is 27.1 Å². The van der Waals surface area contributed by atoms with Gasteiger partial charge in [-0.3, -0.25) is 4.79 Å². The zero-order valence-corrected chi connectivity index (χ0v) is 22.6. The number of carbonyl (C=O) groups is 1. The van der Waals surface area contributed by atoms with Gasteiger partial charge in [0.15, 0.2) is 5.82 Å². The number of nitrogens with one attached hydrogen (secondary N) is 2. The van der Waals surface area contributed by atoms with E-state index in [1.807, 2.05) is 6.07 Å². The van der Waals surface area contributed by atoms with E-state index in [4.69, 9.17) is 47.4 Å². The minimum atomic E-state index is -0.258. The van der Waals surface area contributed by atoms with Crippen LogP contribution < -0.4 is 25.0 Å². The highest BCUT2D eigenvalue weighted by Crippen LogP contribution is 2.46. The van der Waals surface area contributed by atoms with E-state index in [-0.39, 0.29) is 18.0 Å². The molecule has 2 fully saturated rings. The number of aromatic nitrogens is 3. The van der Waals surface area contributed by atoms with E-state index >= 15 is 0 Å². The van der Waals surface area contributed by atoms with Crippen LogP contribution in [0, 0.1) is 0 Å². The van der Waals surface area contributed by atoms with Gasteiger partial charge in [-0.2, -0.15) is 0 Å². The molecule has 0 unspecified atom stereocenters. The Balaban J connectivity index is 1.58. The van der Waals surface area contributed by atoms with Gasteiger partial charge in [0.05, 0.1) is 55.3 Å². The van der Waals surface area contributed by atoms with E-state index in [1.54, 1.807) is 12.3 Å². The highest BCUT2D eigenvalue weighted by Gasteiger charge is 2.30. The number of methoxy groups -OCH3 is 2. The predicted molar refractivity (Wildman–Crippen MR) is 148 cm³/mol. The minimum absolute atomic E-state index is 0.194. The molecule has 2 N–H and O–H groups in total. The molecule has 2 aliphatic heterocycles. The Morgan fingerprint density at radius 3 is 2.45 bits per heavy atom. The smallest absolute Gasteiger partial charge is 0.243 e. The number of ether oxygens (including phenoxy) is 3. The monoisotopic (exact) mass is 558 g/mol. The van der Waals surface area contributed by atoms with Crippen molar-refractivity contribution in [1.82, 2.24) is 20.3 Å². The van der Waals surface area contributed by atoms with Crippen molar-refractivity contribution in [2.45, 2.75) is 24.9 Å². The standard InChI is InChI=1S/C26H28Cl2N6O4/c1-4-20(35)30-16-12-38-13-17(16)32-26-29-11-14-9-15(31-25(24(14)33-26)34-7-5-6-8-34)21-22(27)18(36-2)10-19(37-3)23(21)28/h4,9-11,16-17H,1,5-8,12-13H2,2-3H3,(H,30,35)(H,29,32,33)/t16-,17+/m0/s1. The quantitative estimate of drug-likeness (QED) is 0.394. The van der Waals surface area contributed by atoms with Gasteiger partial charge in [0.1, 0.15) is 17.0 Å². The van der Waals surface area contributed by atoms with Crippen molar-refractivity contribution in [3.8, 4) is 22.8 Å². The molecule has 2 aromatic heterocycles. The van der Waals surface area contributed by atoms with Crippen LogP contribution in [0.2, 0.25) is 10.0 Å². The zero-order chi connectivity index (χ0) is 26.8. The average Bonchev–Trinajstić information content (AvgIpc) is 3.61. The molecular formula is C26H28Cl2N6O4. The Morgan fingerprint density at radius 2 is 1.79 bits per heavy atom. The summed E-state index contributed by atoms with van der Waals surface area (Å²) in [7, 11) is 3.07. The van der Waals surface area contributed by atoms with Gasteiger partial charge < -0.3 is 29.7 Å². The molecule has 0 spiro atoms. The Hall–Kier alpha value is -3.34. The average molecular weight is 559 g/mol. The van der Waals surface area contributed by atoms with Crippen LogP contribution in [-0.2, 0) is 9.53 Å². The molecule has 200 valence electrons. The number of halogens is 2. The number of anilines is 2. The topological polar surface area (TPSA) is 111 Å². The number of rotatable bonds is 8. The second-order valence-corrected chi connectivity index (χ2v) is 9.80. The number of fused-ring (bicyclic) bond motifs is 1. The molecule has 4 heterocycles. The van der Waals surface area contributed by atoms with Gasteiger partial charge in [-0.05, 0) is 25.0 Å². The number of benzene rings is 1. The van der Waals surface area contributed by atoms with Crippen LogP contribution in [0.1, 0.15) is 12.8 Å². The van der Waals surface area contributed by atoms with Gasteiger partial charge in [-0.25, -0.2) is 15.0 Å². The number of carbonyl (C=O) groups excluding carboxylic acids is 1. The number of pyridine rings is 1. The summed E-state index contributed by atoms with van der Waals surface area (Å²) in [4.78, 5) is 28.4. The second kappa shape index (κ2) is 11.2. The lowest BCUT2D eigenvalue weighted by Gasteiger charge is -2.22. The maximum atomic E-state index is 11.8. The first-order valence-electron chi connectivity index (χ1n) is 12.2. The lowest BCUT2D eigenvalue weighted by Crippen LogP contribution is -2.45. The molecule has 10 nitrogen and oxygen atoms in total. The summed E-state index contributed by atoms with van der Waals surface area (Å²) in [6.07, 6.45) is 5.09. The number of nitrogens with zero attached hydrogens (tertiary/aromatic N) is 4. The van der Waals surface area contributed by atoms with Crippen LogP contribution in [0.25, 0.3) is 22.2 Å². The molecule has 38 heavy (non-hydrogen) atoms. The van der Waals surface area contributed by atoms with Crippen LogP contribution >= 0.6 is 23.2 Å². The van der Waals surface area contributed by atoms with Crippen molar-refractivity contribution in [2.75, 3.05) is 50.7 Å². The van der Waals surface area contributed by atoms with Crippen molar-refractivity contribution in [2.24, 2.45) is 0 Å². The first-order chi connectivity index (χ1) is 18.4. The van der Waals surface area contributed by atoms with E-state index < -0.39 is 0 Å². The molecule has 0 aliphatic carbocycles. The van der Waals surface area contributed by atoms with Crippen molar-refractivity contribution in [3.05, 3.63) is 41.0 Å². The normalized spacial score (nSPS) is 19.0.